The van der Waals surface area contributed by atoms with Crippen molar-refractivity contribution < 1.29 is 8.91 Å². The molecular formula is C11H11FIN3O. The average Bonchev–Trinajstić information content (AvgIpc) is 2.65. The summed E-state index contributed by atoms with van der Waals surface area (Å²) in [5.41, 5.74) is 6.38. The highest BCUT2D eigenvalue weighted by molar-refractivity contribution is 14.1. The molecule has 1 aromatic carbocycles. The Hall–Kier alpha value is -1.02. The van der Waals surface area contributed by atoms with Gasteiger partial charge >= 0.3 is 0 Å². The predicted molar refractivity (Wildman–Crippen MR) is 69.8 cm³/mol. The third-order valence-electron chi connectivity index (χ3n) is 2.13. The smallest absolute Gasteiger partial charge is 0.258 e. The lowest BCUT2D eigenvalue weighted by Gasteiger charge is -1.98. The lowest BCUT2D eigenvalue weighted by molar-refractivity contribution is 0.420. The zero-order chi connectivity index (χ0) is 12.4. The van der Waals surface area contributed by atoms with E-state index in [4.69, 9.17) is 10.3 Å². The van der Waals surface area contributed by atoms with Crippen molar-refractivity contribution in [1.82, 2.24) is 10.1 Å². The molecule has 2 rings (SSSR count). The van der Waals surface area contributed by atoms with Gasteiger partial charge in [-0.05, 0) is 47.7 Å². The first kappa shape index (κ1) is 12.4. The average molecular weight is 347 g/mol. The summed E-state index contributed by atoms with van der Waals surface area (Å²) in [5.74, 6) is 0.675. The molecule has 0 amide bonds. The summed E-state index contributed by atoms with van der Waals surface area (Å²) in [5, 5.41) is 3.83. The van der Waals surface area contributed by atoms with E-state index < -0.39 is 0 Å². The van der Waals surface area contributed by atoms with Gasteiger partial charge in [-0.1, -0.05) is 5.16 Å². The van der Waals surface area contributed by atoms with Gasteiger partial charge in [-0.3, -0.25) is 0 Å². The Morgan fingerprint density at radius 2 is 2.29 bits per heavy atom. The first-order valence-corrected chi connectivity index (χ1v) is 6.17. The highest BCUT2D eigenvalue weighted by Crippen LogP contribution is 2.24. The molecule has 0 saturated heterocycles. The van der Waals surface area contributed by atoms with Gasteiger partial charge in [0.05, 0.1) is 5.56 Å². The van der Waals surface area contributed by atoms with E-state index >= 15 is 0 Å². The fourth-order valence-corrected chi connectivity index (χ4v) is 2.11. The summed E-state index contributed by atoms with van der Waals surface area (Å²) in [7, 11) is 0. The number of hydrogen-bond acceptors (Lipinski definition) is 4. The molecule has 0 bridgehead atoms. The Bertz CT molecular complexity index is 527. The Morgan fingerprint density at radius 3 is 2.94 bits per heavy atom. The minimum absolute atomic E-state index is 0.0206. The van der Waals surface area contributed by atoms with Gasteiger partial charge < -0.3 is 10.3 Å². The monoisotopic (exact) mass is 347 g/mol. The van der Waals surface area contributed by atoms with Crippen LogP contribution in [0.4, 0.5) is 4.39 Å². The summed E-state index contributed by atoms with van der Waals surface area (Å²) in [6.07, 6.45) is 0.557. The number of halogens is 2. The first-order valence-electron chi connectivity index (χ1n) is 5.10. The van der Waals surface area contributed by atoms with Crippen molar-refractivity contribution in [3.05, 3.63) is 33.4 Å². The van der Waals surface area contributed by atoms with Crippen LogP contribution in [-0.4, -0.2) is 16.2 Å². The molecule has 0 aliphatic rings. The standard InChI is InChI=1S/C11H11FIN3O/c1-6(14)4-10-15-11(17-16-10)8-3-2-7(12)5-9(8)13/h2-3,5-6H,4,14H2,1H3. The minimum Gasteiger partial charge on any atom is -0.334 e. The van der Waals surface area contributed by atoms with Crippen LogP contribution in [-0.2, 0) is 6.42 Å². The van der Waals surface area contributed by atoms with E-state index in [0.717, 1.165) is 9.13 Å². The predicted octanol–water partition coefficient (Wildman–Crippen LogP) is 2.37. The second-order valence-electron chi connectivity index (χ2n) is 3.82. The van der Waals surface area contributed by atoms with Gasteiger partial charge in [0.15, 0.2) is 5.82 Å². The molecule has 0 radical (unpaired) electrons. The Balaban J connectivity index is 2.30. The van der Waals surface area contributed by atoms with E-state index in [2.05, 4.69) is 10.1 Å². The van der Waals surface area contributed by atoms with Crippen molar-refractivity contribution >= 4 is 22.6 Å². The maximum atomic E-state index is 13.0. The van der Waals surface area contributed by atoms with Crippen LogP contribution in [0.3, 0.4) is 0 Å². The quantitative estimate of drug-likeness (QED) is 0.866. The number of benzene rings is 1. The molecule has 4 nitrogen and oxygen atoms in total. The number of nitrogens with two attached hydrogens (primary N) is 1. The lowest BCUT2D eigenvalue weighted by Crippen LogP contribution is -2.18. The molecule has 1 unspecified atom stereocenters. The maximum Gasteiger partial charge on any atom is 0.258 e. The van der Waals surface area contributed by atoms with Crippen molar-refractivity contribution in [2.75, 3.05) is 0 Å². The molecule has 0 fully saturated rings. The molecule has 1 atom stereocenters. The maximum absolute atomic E-state index is 13.0. The SMILES string of the molecule is CC(N)Cc1noc(-c2ccc(F)cc2I)n1. The highest BCUT2D eigenvalue weighted by atomic mass is 127. The molecule has 2 aromatic rings. The molecule has 90 valence electrons. The summed E-state index contributed by atoms with van der Waals surface area (Å²) in [6, 6.07) is 4.39. The molecule has 0 aliphatic carbocycles. The van der Waals surface area contributed by atoms with Crippen LogP contribution in [0.15, 0.2) is 22.7 Å². The number of nitrogens with zero attached hydrogens (tertiary/aromatic N) is 2. The number of hydrogen-bond donors (Lipinski definition) is 1. The van der Waals surface area contributed by atoms with Crippen LogP contribution in [0, 0.1) is 9.39 Å². The Labute approximate surface area is 112 Å². The van der Waals surface area contributed by atoms with Crippen molar-refractivity contribution in [1.29, 1.82) is 0 Å². The van der Waals surface area contributed by atoms with Crippen LogP contribution in [0.2, 0.25) is 0 Å². The Kier molecular flexibility index (Phi) is 3.72. The highest BCUT2D eigenvalue weighted by Gasteiger charge is 2.13. The van der Waals surface area contributed by atoms with Gasteiger partial charge in [0.2, 0.25) is 0 Å². The second kappa shape index (κ2) is 5.09. The minimum atomic E-state index is -0.284. The molecule has 1 aromatic heterocycles. The number of aromatic nitrogens is 2. The Morgan fingerprint density at radius 1 is 1.53 bits per heavy atom. The van der Waals surface area contributed by atoms with Gasteiger partial charge in [0.1, 0.15) is 5.82 Å². The molecular weight excluding hydrogens is 336 g/mol. The largest absolute Gasteiger partial charge is 0.334 e. The van der Waals surface area contributed by atoms with E-state index in [9.17, 15) is 4.39 Å². The van der Waals surface area contributed by atoms with E-state index in [0.29, 0.717) is 18.1 Å². The van der Waals surface area contributed by atoms with E-state index in [1.54, 1.807) is 6.07 Å². The van der Waals surface area contributed by atoms with Crippen molar-refractivity contribution in [2.24, 2.45) is 5.73 Å². The normalized spacial score (nSPS) is 12.7. The van der Waals surface area contributed by atoms with E-state index in [1.807, 2.05) is 29.5 Å². The van der Waals surface area contributed by atoms with Crippen LogP contribution in [0.25, 0.3) is 11.5 Å². The fraction of sp³-hybridized carbons (Fsp3) is 0.273. The summed E-state index contributed by atoms with van der Waals surface area (Å²) in [6.45, 7) is 1.87. The van der Waals surface area contributed by atoms with Crippen LogP contribution >= 0.6 is 22.6 Å². The van der Waals surface area contributed by atoms with Crippen LogP contribution < -0.4 is 5.73 Å². The summed E-state index contributed by atoms with van der Waals surface area (Å²) < 4.78 is 18.8. The number of rotatable bonds is 3. The molecule has 17 heavy (non-hydrogen) atoms. The fourth-order valence-electron chi connectivity index (χ4n) is 1.40. The zero-order valence-corrected chi connectivity index (χ0v) is 11.3. The van der Waals surface area contributed by atoms with Gasteiger partial charge in [0.25, 0.3) is 5.89 Å². The van der Waals surface area contributed by atoms with Crippen molar-refractivity contribution in [2.45, 2.75) is 19.4 Å². The van der Waals surface area contributed by atoms with Crippen molar-refractivity contribution in [3.8, 4) is 11.5 Å². The molecule has 2 N–H and O–H groups in total. The molecule has 0 saturated carbocycles. The first-order chi connectivity index (χ1) is 8.06. The van der Waals surface area contributed by atoms with E-state index in [-0.39, 0.29) is 11.9 Å². The third kappa shape index (κ3) is 3.01. The molecule has 0 aliphatic heterocycles. The molecule has 6 heteroatoms. The lowest BCUT2D eigenvalue weighted by atomic mass is 10.2. The van der Waals surface area contributed by atoms with Crippen molar-refractivity contribution in [3.63, 3.8) is 0 Å². The third-order valence-corrected chi connectivity index (χ3v) is 3.03. The summed E-state index contributed by atoms with van der Waals surface area (Å²) >= 11 is 2.03. The van der Waals surface area contributed by atoms with Gasteiger partial charge in [-0.15, -0.1) is 0 Å². The second-order valence-corrected chi connectivity index (χ2v) is 4.98. The topological polar surface area (TPSA) is 64.9 Å². The van der Waals surface area contributed by atoms with Gasteiger partial charge in [0, 0.05) is 16.0 Å². The van der Waals surface area contributed by atoms with Gasteiger partial charge in [-0.2, -0.15) is 4.98 Å². The van der Waals surface area contributed by atoms with Crippen LogP contribution in [0.5, 0.6) is 0 Å². The summed E-state index contributed by atoms with van der Waals surface area (Å²) in [4.78, 5) is 4.23. The van der Waals surface area contributed by atoms with E-state index in [1.165, 1.54) is 12.1 Å². The molecule has 1 heterocycles. The zero-order valence-electron chi connectivity index (χ0n) is 9.15. The van der Waals surface area contributed by atoms with Crippen LogP contribution in [0.1, 0.15) is 12.7 Å². The molecule has 0 spiro atoms. The van der Waals surface area contributed by atoms with Gasteiger partial charge in [-0.25, -0.2) is 4.39 Å².